The fraction of sp³-hybridized carbons (Fsp3) is 1.00. The molecule has 0 spiro atoms. The van der Waals surface area contributed by atoms with Crippen molar-refractivity contribution in [3.63, 3.8) is 0 Å². The van der Waals surface area contributed by atoms with Gasteiger partial charge >= 0.3 is 0 Å². The van der Waals surface area contributed by atoms with Crippen molar-refractivity contribution < 1.29 is 0 Å². The van der Waals surface area contributed by atoms with Crippen molar-refractivity contribution in [3.05, 3.63) is 0 Å². The van der Waals surface area contributed by atoms with Crippen molar-refractivity contribution in [2.75, 3.05) is 0 Å². The van der Waals surface area contributed by atoms with E-state index in [1.54, 1.807) is 0 Å². The van der Waals surface area contributed by atoms with Gasteiger partial charge in [0.05, 0.1) is 0 Å². The number of unbranched alkanes of at least 4 members (excludes halogenated alkanes) is 4. The van der Waals surface area contributed by atoms with E-state index in [0.29, 0.717) is 5.41 Å². The molecule has 0 heterocycles. The molecule has 0 rings (SSSR count). The third kappa shape index (κ3) is 6.45. The van der Waals surface area contributed by atoms with Gasteiger partial charge in [-0.15, -0.1) is 0 Å². The minimum absolute atomic E-state index is 0.643. The molecule has 14 heavy (non-hydrogen) atoms. The molecule has 0 fully saturated rings. The molecule has 0 N–H and O–H groups in total. The van der Waals surface area contributed by atoms with E-state index in [1.165, 1.54) is 57.8 Å². The summed E-state index contributed by atoms with van der Waals surface area (Å²) in [5, 5.41) is 0. The summed E-state index contributed by atoms with van der Waals surface area (Å²) >= 11 is 0. The van der Waals surface area contributed by atoms with Crippen molar-refractivity contribution in [3.8, 4) is 0 Å². The first-order chi connectivity index (χ1) is 6.68. The van der Waals surface area contributed by atoms with Gasteiger partial charge < -0.3 is 0 Å². The Hall–Kier alpha value is 0. The summed E-state index contributed by atoms with van der Waals surface area (Å²) in [5.74, 6) is 0. The molecule has 0 aromatic heterocycles. The standard InChI is InChI=1S/C14H30/c1-5-8-10-12-14(4,7-3)13-11-9-6-2/h5-13H2,1-4H3. The molecular weight excluding hydrogens is 168 g/mol. The van der Waals surface area contributed by atoms with E-state index in [1.807, 2.05) is 0 Å². The van der Waals surface area contributed by atoms with E-state index < -0.39 is 0 Å². The lowest BCUT2D eigenvalue weighted by molar-refractivity contribution is 0.242. The maximum atomic E-state index is 2.48. The van der Waals surface area contributed by atoms with Crippen LogP contribution in [0.25, 0.3) is 0 Å². The molecule has 0 unspecified atom stereocenters. The molecule has 0 bridgehead atoms. The van der Waals surface area contributed by atoms with Crippen LogP contribution < -0.4 is 0 Å². The van der Waals surface area contributed by atoms with Crippen molar-refractivity contribution in [2.45, 2.75) is 85.5 Å². The quantitative estimate of drug-likeness (QED) is 0.425. The summed E-state index contributed by atoms with van der Waals surface area (Å²) in [6, 6.07) is 0. The Morgan fingerprint density at radius 3 is 1.43 bits per heavy atom. The van der Waals surface area contributed by atoms with Gasteiger partial charge in [-0.05, 0) is 18.3 Å². The monoisotopic (exact) mass is 198 g/mol. The third-order valence-electron chi connectivity index (χ3n) is 3.62. The Balaban J connectivity index is 3.67. The Labute approximate surface area is 91.5 Å². The molecule has 0 aliphatic rings. The van der Waals surface area contributed by atoms with E-state index in [4.69, 9.17) is 0 Å². The Bertz CT molecular complexity index is 105. The molecular formula is C14H30. The van der Waals surface area contributed by atoms with Gasteiger partial charge in [0.2, 0.25) is 0 Å². The highest BCUT2D eigenvalue weighted by molar-refractivity contribution is 4.72. The highest BCUT2D eigenvalue weighted by Gasteiger charge is 2.20. The maximum absolute atomic E-state index is 2.48. The smallest absolute Gasteiger partial charge is 0.0328 e. The Kier molecular flexibility index (Phi) is 8.32. The van der Waals surface area contributed by atoms with Crippen LogP contribution in [-0.4, -0.2) is 0 Å². The summed E-state index contributed by atoms with van der Waals surface area (Å²) in [6.07, 6.45) is 12.7. The molecule has 0 aliphatic heterocycles. The zero-order valence-electron chi connectivity index (χ0n) is 10.9. The number of hydrogen-bond acceptors (Lipinski definition) is 0. The van der Waals surface area contributed by atoms with Gasteiger partial charge in [-0.2, -0.15) is 0 Å². The van der Waals surface area contributed by atoms with E-state index in [-0.39, 0.29) is 0 Å². The van der Waals surface area contributed by atoms with Crippen LogP contribution in [0.1, 0.15) is 85.5 Å². The van der Waals surface area contributed by atoms with Crippen LogP contribution in [0.5, 0.6) is 0 Å². The van der Waals surface area contributed by atoms with Gasteiger partial charge in [-0.3, -0.25) is 0 Å². The molecule has 0 atom stereocenters. The zero-order chi connectivity index (χ0) is 10.9. The predicted molar refractivity (Wildman–Crippen MR) is 66.7 cm³/mol. The van der Waals surface area contributed by atoms with Crippen LogP contribution in [0.2, 0.25) is 0 Å². The number of hydrogen-bond donors (Lipinski definition) is 0. The molecule has 0 heteroatoms. The molecule has 0 nitrogen and oxygen atoms in total. The fourth-order valence-corrected chi connectivity index (χ4v) is 2.08. The second-order valence-corrected chi connectivity index (χ2v) is 5.08. The predicted octanol–water partition coefficient (Wildman–Crippen LogP) is 5.56. The largest absolute Gasteiger partial charge is 0.0654 e. The first-order valence-corrected chi connectivity index (χ1v) is 6.68. The average molecular weight is 198 g/mol. The average Bonchev–Trinajstić information content (AvgIpc) is 2.19. The minimum Gasteiger partial charge on any atom is -0.0654 e. The van der Waals surface area contributed by atoms with Crippen LogP contribution in [0.3, 0.4) is 0 Å². The zero-order valence-corrected chi connectivity index (χ0v) is 10.9. The molecule has 0 aromatic rings. The molecule has 0 saturated heterocycles. The van der Waals surface area contributed by atoms with Crippen LogP contribution >= 0.6 is 0 Å². The van der Waals surface area contributed by atoms with Gasteiger partial charge in [-0.25, -0.2) is 0 Å². The summed E-state index contributed by atoms with van der Waals surface area (Å²) in [6.45, 7) is 9.43. The molecule has 0 amide bonds. The van der Waals surface area contributed by atoms with Gasteiger partial charge in [0.1, 0.15) is 0 Å². The lowest BCUT2D eigenvalue weighted by Crippen LogP contribution is -2.15. The normalized spacial score (nSPS) is 12.0. The van der Waals surface area contributed by atoms with E-state index in [9.17, 15) is 0 Å². The van der Waals surface area contributed by atoms with Crippen LogP contribution in [0, 0.1) is 5.41 Å². The second-order valence-electron chi connectivity index (χ2n) is 5.08. The highest BCUT2D eigenvalue weighted by atomic mass is 14.3. The molecule has 0 aromatic carbocycles. The number of rotatable bonds is 9. The summed E-state index contributed by atoms with van der Waals surface area (Å²) in [5.41, 5.74) is 0.643. The maximum Gasteiger partial charge on any atom is -0.0328 e. The molecule has 86 valence electrons. The van der Waals surface area contributed by atoms with Crippen molar-refractivity contribution >= 4 is 0 Å². The SMILES string of the molecule is CCCCCC(C)(CC)CCCCC. The van der Waals surface area contributed by atoms with Gasteiger partial charge in [0.25, 0.3) is 0 Å². The van der Waals surface area contributed by atoms with Crippen molar-refractivity contribution in [1.82, 2.24) is 0 Å². The van der Waals surface area contributed by atoms with E-state index in [0.717, 1.165) is 0 Å². The van der Waals surface area contributed by atoms with Gasteiger partial charge in [-0.1, -0.05) is 72.6 Å². The van der Waals surface area contributed by atoms with Crippen molar-refractivity contribution in [2.24, 2.45) is 5.41 Å². The van der Waals surface area contributed by atoms with Gasteiger partial charge in [0, 0.05) is 0 Å². The molecule has 0 saturated carbocycles. The molecule has 0 aliphatic carbocycles. The van der Waals surface area contributed by atoms with E-state index >= 15 is 0 Å². The highest BCUT2D eigenvalue weighted by Crippen LogP contribution is 2.34. The second kappa shape index (κ2) is 8.32. The van der Waals surface area contributed by atoms with Crippen molar-refractivity contribution in [1.29, 1.82) is 0 Å². The topological polar surface area (TPSA) is 0 Å². The Morgan fingerprint density at radius 1 is 0.714 bits per heavy atom. The lowest BCUT2D eigenvalue weighted by atomic mass is 9.78. The summed E-state index contributed by atoms with van der Waals surface area (Å²) in [4.78, 5) is 0. The third-order valence-corrected chi connectivity index (χ3v) is 3.62. The lowest BCUT2D eigenvalue weighted by Gasteiger charge is -2.28. The van der Waals surface area contributed by atoms with Gasteiger partial charge in [0.15, 0.2) is 0 Å². The molecule has 0 radical (unpaired) electrons. The first kappa shape index (κ1) is 14.0. The van der Waals surface area contributed by atoms with Crippen LogP contribution in [-0.2, 0) is 0 Å². The minimum atomic E-state index is 0.643. The first-order valence-electron chi connectivity index (χ1n) is 6.68. The van der Waals surface area contributed by atoms with E-state index in [2.05, 4.69) is 27.7 Å². The van der Waals surface area contributed by atoms with Crippen LogP contribution in [0.15, 0.2) is 0 Å². The summed E-state index contributed by atoms with van der Waals surface area (Å²) < 4.78 is 0. The Morgan fingerprint density at radius 2 is 1.14 bits per heavy atom. The fourth-order valence-electron chi connectivity index (χ4n) is 2.08. The van der Waals surface area contributed by atoms with Crippen LogP contribution in [0.4, 0.5) is 0 Å². The summed E-state index contributed by atoms with van der Waals surface area (Å²) in [7, 11) is 0.